The quantitative estimate of drug-likeness (QED) is 0.632. The molecule has 2 unspecified atom stereocenters. The molecule has 0 aromatic rings. The van der Waals surface area contributed by atoms with Crippen LogP contribution in [0, 0.1) is 5.92 Å². The second-order valence-electron chi connectivity index (χ2n) is 2.32. The second kappa shape index (κ2) is 4.94. The molecule has 0 saturated heterocycles. The molecule has 3 heteroatoms. The normalized spacial score (nSPS) is 17.2. The van der Waals surface area contributed by atoms with Gasteiger partial charge in [0.05, 0.1) is 11.0 Å². The van der Waals surface area contributed by atoms with Gasteiger partial charge in [-0.05, 0) is 5.92 Å². The van der Waals surface area contributed by atoms with E-state index in [9.17, 15) is 4.21 Å². The molecule has 56 valence electrons. The molecule has 0 saturated carbocycles. The highest BCUT2D eigenvalue weighted by Gasteiger charge is 1.97. The molecule has 2 atom stereocenters. The van der Waals surface area contributed by atoms with Crippen LogP contribution in [0.3, 0.4) is 0 Å². The van der Waals surface area contributed by atoms with Crippen molar-refractivity contribution in [3.8, 4) is 0 Å². The van der Waals surface area contributed by atoms with Crippen LogP contribution >= 0.6 is 0 Å². The fraction of sp³-hybridized carbons (Fsp3) is 1.00. The summed E-state index contributed by atoms with van der Waals surface area (Å²) in [6.07, 6.45) is 2.80. The van der Waals surface area contributed by atoms with Gasteiger partial charge in [-0.2, -0.15) is 0 Å². The highest BCUT2D eigenvalue weighted by atomic mass is 32.2. The maximum Gasteiger partial charge on any atom is 0.0883 e. The number of nitrogens with one attached hydrogen (secondary N) is 1. The second-order valence-corrected chi connectivity index (χ2v) is 3.51. The zero-order valence-electron chi connectivity index (χ0n) is 6.31. The molecule has 0 aromatic carbocycles. The predicted molar refractivity (Wildman–Crippen MR) is 41.5 cm³/mol. The van der Waals surface area contributed by atoms with Gasteiger partial charge in [-0.15, -0.1) is 0 Å². The summed E-state index contributed by atoms with van der Waals surface area (Å²) in [4.78, 5) is 0. The molecule has 0 aliphatic rings. The summed E-state index contributed by atoms with van der Waals surface area (Å²) in [7, 11) is -0.838. The van der Waals surface area contributed by atoms with Crippen LogP contribution in [0.25, 0.3) is 0 Å². The first-order chi connectivity index (χ1) is 4.16. The van der Waals surface area contributed by atoms with Gasteiger partial charge in [0.25, 0.3) is 0 Å². The minimum absolute atomic E-state index is 0.633. The molecule has 0 amide bonds. The van der Waals surface area contributed by atoms with Crippen molar-refractivity contribution in [2.24, 2.45) is 5.92 Å². The van der Waals surface area contributed by atoms with E-state index in [0.29, 0.717) is 5.92 Å². The molecule has 0 aliphatic carbocycles. The van der Waals surface area contributed by atoms with E-state index < -0.39 is 11.0 Å². The van der Waals surface area contributed by atoms with Gasteiger partial charge in [0.2, 0.25) is 0 Å². The topological polar surface area (TPSA) is 29.1 Å². The van der Waals surface area contributed by atoms with E-state index >= 15 is 0 Å². The summed E-state index contributed by atoms with van der Waals surface area (Å²) in [6.45, 7) is 5.13. The lowest BCUT2D eigenvalue weighted by molar-refractivity contribution is 0.551. The molecule has 0 spiro atoms. The van der Waals surface area contributed by atoms with Crippen LogP contribution in [0.1, 0.15) is 20.3 Å². The van der Waals surface area contributed by atoms with Crippen LogP contribution < -0.4 is 4.72 Å². The van der Waals surface area contributed by atoms with Gasteiger partial charge < -0.3 is 0 Å². The highest BCUT2D eigenvalue weighted by Crippen LogP contribution is 1.96. The van der Waals surface area contributed by atoms with Gasteiger partial charge in [-0.1, -0.05) is 20.3 Å². The molecule has 0 bridgehead atoms. The Morgan fingerprint density at radius 1 is 1.67 bits per heavy atom. The molecule has 0 aliphatic heterocycles. The van der Waals surface area contributed by atoms with E-state index in [-0.39, 0.29) is 0 Å². The fourth-order valence-electron chi connectivity index (χ4n) is 0.404. The molecular weight excluding hydrogens is 134 g/mol. The summed E-state index contributed by atoms with van der Waals surface area (Å²) in [5.41, 5.74) is 0. The minimum atomic E-state index is -0.838. The third-order valence-electron chi connectivity index (χ3n) is 1.33. The Bertz CT molecular complexity index is 95.1. The summed E-state index contributed by atoms with van der Waals surface area (Å²) < 4.78 is 13.3. The zero-order valence-corrected chi connectivity index (χ0v) is 7.12. The standard InChI is InChI=1S/C6H15NOS/c1-4-6(2)5-7-9(3)8/h6-7H,4-5H2,1-3H3. The number of hydrogen-bond acceptors (Lipinski definition) is 1. The van der Waals surface area contributed by atoms with E-state index in [2.05, 4.69) is 18.6 Å². The summed E-state index contributed by atoms with van der Waals surface area (Å²) >= 11 is 0. The van der Waals surface area contributed by atoms with E-state index in [0.717, 1.165) is 13.0 Å². The average molecular weight is 149 g/mol. The largest absolute Gasteiger partial charge is 0.243 e. The number of hydrogen-bond donors (Lipinski definition) is 1. The lowest BCUT2D eigenvalue weighted by Crippen LogP contribution is -2.21. The summed E-state index contributed by atoms with van der Waals surface area (Å²) in [5, 5.41) is 0. The van der Waals surface area contributed by atoms with Gasteiger partial charge >= 0.3 is 0 Å². The molecule has 0 fully saturated rings. The predicted octanol–water partition coefficient (Wildman–Crippen LogP) is 0.916. The molecule has 9 heavy (non-hydrogen) atoms. The molecule has 2 nitrogen and oxygen atoms in total. The molecule has 0 radical (unpaired) electrons. The van der Waals surface area contributed by atoms with Crippen molar-refractivity contribution in [3.63, 3.8) is 0 Å². The Balaban J connectivity index is 3.16. The van der Waals surface area contributed by atoms with Crippen LogP contribution in [-0.2, 0) is 11.0 Å². The first-order valence-electron chi connectivity index (χ1n) is 3.23. The van der Waals surface area contributed by atoms with Crippen molar-refractivity contribution >= 4 is 11.0 Å². The lowest BCUT2D eigenvalue weighted by Gasteiger charge is -2.06. The van der Waals surface area contributed by atoms with E-state index in [1.807, 2.05) is 0 Å². The fourth-order valence-corrected chi connectivity index (χ4v) is 0.923. The van der Waals surface area contributed by atoms with Crippen molar-refractivity contribution in [1.82, 2.24) is 4.72 Å². The SMILES string of the molecule is CCC(C)CNS(C)=O. The first kappa shape index (κ1) is 9.11. The van der Waals surface area contributed by atoms with Crippen molar-refractivity contribution in [2.75, 3.05) is 12.8 Å². The maximum atomic E-state index is 10.5. The van der Waals surface area contributed by atoms with Gasteiger partial charge in [0, 0.05) is 12.8 Å². The smallest absolute Gasteiger partial charge is 0.0883 e. The van der Waals surface area contributed by atoms with Crippen LogP contribution in [0.15, 0.2) is 0 Å². The van der Waals surface area contributed by atoms with Crippen molar-refractivity contribution in [3.05, 3.63) is 0 Å². The van der Waals surface area contributed by atoms with Gasteiger partial charge in [-0.3, -0.25) is 0 Å². The van der Waals surface area contributed by atoms with Gasteiger partial charge in [-0.25, -0.2) is 8.93 Å². The zero-order chi connectivity index (χ0) is 7.28. The lowest BCUT2D eigenvalue weighted by atomic mass is 10.1. The van der Waals surface area contributed by atoms with E-state index in [1.165, 1.54) is 0 Å². The minimum Gasteiger partial charge on any atom is -0.243 e. The third-order valence-corrected chi connectivity index (χ3v) is 1.91. The Hall–Kier alpha value is 0.110. The first-order valence-corrected chi connectivity index (χ1v) is 4.79. The van der Waals surface area contributed by atoms with Gasteiger partial charge in [0.15, 0.2) is 0 Å². The monoisotopic (exact) mass is 149 g/mol. The van der Waals surface area contributed by atoms with Gasteiger partial charge in [0.1, 0.15) is 0 Å². The molecule has 0 rings (SSSR count). The van der Waals surface area contributed by atoms with Crippen LogP contribution in [0.4, 0.5) is 0 Å². The summed E-state index contributed by atoms with van der Waals surface area (Å²) in [5.74, 6) is 0.633. The molecule has 0 heterocycles. The van der Waals surface area contributed by atoms with Crippen molar-refractivity contribution in [2.45, 2.75) is 20.3 Å². The molecular formula is C6H15NOS. The summed E-state index contributed by atoms with van der Waals surface area (Å²) in [6, 6.07) is 0. The Morgan fingerprint density at radius 3 is 2.56 bits per heavy atom. The van der Waals surface area contributed by atoms with Crippen molar-refractivity contribution in [1.29, 1.82) is 0 Å². The molecule has 0 aromatic heterocycles. The van der Waals surface area contributed by atoms with Crippen molar-refractivity contribution < 1.29 is 4.21 Å². The highest BCUT2D eigenvalue weighted by molar-refractivity contribution is 7.82. The third kappa shape index (κ3) is 5.99. The Morgan fingerprint density at radius 2 is 2.22 bits per heavy atom. The maximum absolute atomic E-state index is 10.5. The molecule has 1 N–H and O–H groups in total. The van der Waals surface area contributed by atoms with Crippen LogP contribution in [0.2, 0.25) is 0 Å². The average Bonchev–Trinajstić information content (AvgIpc) is 1.83. The van der Waals surface area contributed by atoms with E-state index in [4.69, 9.17) is 0 Å². The number of rotatable bonds is 4. The Kier molecular flexibility index (Phi) is 5.00. The van der Waals surface area contributed by atoms with Crippen LogP contribution in [-0.4, -0.2) is 17.0 Å². The van der Waals surface area contributed by atoms with E-state index in [1.54, 1.807) is 6.26 Å². The Labute approximate surface area is 59.6 Å². The van der Waals surface area contributed by atoms with Crippen LogP contribution in [0.5, 0.6) is 0 Å².